The molecule has 1 fully saturated rings. The van der Waals surface area contributed by atoms with Crippen molar-refractivity contribution in [1.29, 1.82) is 0 Å². The van der Waals surface area contributed by atoms with E-state index in [4.69, 9.17) is 0 Å². The SMILES string of the molecule is CS(=O)(=O)c1cccc(C2=C(C3CCCC3)CC/C2=N\O)c1. The molecule has 0 aromatic heterocycles. The number of hydrogen-bond donors (Lipinski definition) is 1. The van der Waals surface area contributed by atoms with Gasteiger partial charge in [-0.15, -0.1) is 0 Å². The molecule has 3 rings (SSSR count). The minimum atomic E-state index is -3.24. The first kappa shape index (κ1) is 15.3. The van der Waals surface area contributed by atoms with E-state index in [1.165, 1.54) is 37.5 Å². The van der Waals surface area contributed by atoms with E-state index >= 15 is 0 Å². The molecule has 2 aliphatic carbocycles. The summed E-state index contributed by atoms with van der Waals surface area (Å²) in [6.45, 7) is 0. The van der Waals surface area contributed by atoms with Crippen LogP contribution in [0.3, 0.4) is 0 Å². The zero-order valence-corrected chi connectivity index (χ0v) is 13.6. The summed E-state index contributed by atoms with van der Waals surface area (Å²) in [6.07, 6.45) is 7.73. The van der Waals surface area contributed by atoms with Gasteiger partial charge in [0.15, 0.2) is 9.84 Å². The minimum absolute atomic E-state index is 0.312. The highest BCUT2D eigenvalue weighted by Gasteiger charge is 2.30. The number of nitrogens with zero attached hydrogens (tertiary/aromatic N) is 1. The lowest BCUT2D eigenvalue weighted by Gasteiger charge is -2.14. The lowest BCUT2D eigenvalue weighted by molar-refractivity contribution is 0.319. The fraction of sp³-hybridized carbons (Fsp3) is 0.471. The molecule has 0 bridgehead atoms. The van der Waals surface area contributed by atoms with Crippen molar-refractivity contribution < 1.29 is 13.6 Å². The van der Waals surface area contributed by atoms with Gasteiger partial charge in [-0.05, 0) is 49.3 Å². The number of rotatable bonds is 3. The molecule has 0 amide bonds. The first-order valence-corrected chi connectivity index (χ1v) is 9.64. The van der Waals surface area contributed by atoms with Gasteiger partial charge in [0.05, 0.1) is 10.6 Å². The predicted molar refractivity (Wildman–Crippen MR) is 86.9 cm³/mol. The largest absolute Gasteiger partial charge is 0.411 e. The topological polar surface area (TPSA) is 66.7 Å². The van der Waals surface area contributed by atoms with Crippen LogP contribution in [0, 0.1) is 5.92 Å². The first-order chi connectivity index (χ1) is 10.5. The lowest BCUT2D eigenvalue weighted by atomic mass is 9.91. The number of sulfone groups is 1. The third kappa shape index (κ3) is 2.82. The van der Waals surface area contributed by atoms with Gasteiger partial charge in [-0.1, -0.05) is 35.7 Å². The maximum Gasteiger partial charge on any atom is 0.175 e. The van der Waals surface area contributed by atoms with E-state index in [1.807, 2.05) is 6.07 Å². The molecular formula is C17H21NO3S. The smallest absolute Gasteiger partial charge is 0.175 e. The Balaban J connectivity index is 2.11. The number of oxime groups is 1. The number of benzene rings is 1. The van der Waals surface area contributed by atoms with Gasteiger partial charge in [-0.25, -0.2) is 8.42 Å². The summed E-state index contributed by atoms with van der Waals surface area (Å²) >= 11 is 0. The molecule has 1 saturated carbocycles. The second-order valence-corrected chi connectivity index (χ2v) is 8.24. The average Bonchev–Trinajstić information content (AvgIpc) is 3.15. The standard InChI is InChI=1S/C17H21NO3S/c1-22(20,21)14-8-4-7-13(11-14)17-15(9-10-16(17)18-19)12-5-2-3-6-12/h4,7-8,11-12,19H,2-3,5-6,9-10H2,1H3/b18-16+. The third-order valence-corrected chi connectivity index (χ3v) is 5.87. The van der Waals surface area contributed by atoms with E-state index in [0.29, 0.717) is 16.5 Å². The van der Waals surface area contributed by atoms with Crippen LogP contribution in [0.25, 0.3) is 5.57 Å². The van der Waals surface area contributed by atoms with Gasteiger partial charge in [0.25, 0.3) is 0 Å². The van der Waals surface area contributed by atoms with Gasteiger partial charge in [0, 0.05) is 11.8 Å². The Hall–Kier alpha value is -1.62. The molecule has 118 valence electrons. The molecule has 0 spiro atoms. The van der Waals surface area contributed by atoms with Crippen LogP contribution in [0.5, 0.6) is 0 Å². The molecule has 0 radical (unpaired) electrons. The Kier molecular flexibility index (Phi) is 4.08. The Labute approximate surface area is 131 Å². The van der Waals surface area contributed by atoms with Gasteiger partial charge < -0.3 is 5.21 Å². The molecule has 5 heteroatoms. The number of hydrogen-bond acceptors (Lipinski definition) is 4. The average molecular weight is 319 g/mol. The van der Waals surface area contributed by atoms with Crippen LogP contribution in [0.15, 0.2) is 39.9 Å². The summed E-state index contributed by atoms with van der Waals surface area (Å²) in [5, 5.41) is 12.8. The molecule has 1 aromatic carbocycles. The molecule has 1 aromatic rings. The van der Waals surface area contributed by atoms with Gasteiger partial charge in [-0.3, -0.25) is 0 Å². The van der Waals surface area contributed by atoms with E-state index in [9.17, 15) is 13.6 Å². The van der Waals surface area contributed by atoms with Crippen LogP contribution in [-0.4, -0.2) is 25.6 Å². The van der Waals surface area contributed by atoms with Crippen molar-refractivity contribution in [3.8, 4) is 0 Å². The van der Waals surface area contributed by atoms with Crippen LogP contribution in [0.2, 0.25) is 0 Å². The molecule has 0 heterocycles. The Morgan fingerprint density at radius 3 is 2.55 bits per heavy atom. The Bertz CT molecular complexity index is 741. The first-order valence-electron chi connectivity index (χ1n) is 7.75. The monoisotopic (exact) mass is 319 g/mol. The van der Waals surface area contributed by atoms with Crippen LogP contribution >= 0.6 is 0 Å². The van der Waals surface area contributed by atoms with Crippen LogP contribution < -0.4 is 0 Å². The Morgan fingerprint density at radius 1 is 1.18 bits per heavy atom. The van der Waals surface area contributed by atoms with E-state index in [0.717, 1.165) is 24.0 Å². The van der Waals surface area contributed by atoms with Gasteiger partial charge >= 0.3 is 0 Å². The molecule has 0 saturated heterocycles. The molecule has 0 aliphatic heterocycles. The van der Waals surface area contributed by atoms with Crippen molar-refractivity contribution in [3.05, 3.63) is 35.4 Å². The Morgan fingerprint density at radius 2 is 1.91 bits per heavy atom. The second kappa shape index (κ2) is 5.88. The van der Waals surface area contributed by atoms with E-state index in [2.05, 4.69) is 5.16 Å². The number of allylic oxidation sites excluding steroid dienone is 2. The zero-order valence-electron chi connectivity index (χ0n) is 12.7. The quantitative estimate of drug-likeness (QED) is 0.683. The summed E-state index contributed by atoms with van der Waals surface area (Å²) in [5.74, 6) is 0.552. The van der Waals surface area contributed by atoms with E-state index < -0.39 is 9.84 Å². The normalized spacial score (nSPS) is 22.0. The van der Waals surface area contributed by atoms with Crippen LogP contribution in [0.1, 0.15) is 44.1 Å². The lowest BCUT2D eigenvalue weighted by Crippen LogP contribution is -2.03. The summed E-state index contributed by atoms with van der Waals surface area (Å²) in [5.41, 5.74) is 3.86. The van der Waals surface area contributed by atoms with Crippen molar-refractivity contribution in [2.45, 2.75) is 43.4 Å². The highest BCUT2D eigenvalue weighted by molar-refractivity contribution is 7.90. The molecule has 22 heavy (non-hydrogen) atoms. The highest BCUT2D eigenvalue weighted by atomic mass is 32.2. The minimum Gasteiger partial charge on any atom is -0.411 e. The van der Waals surface area contributed by atoms with Crippen molar-refractivity contribution in [2.75, 3.05) is 6.26 Å². The third-order valence-electron chi connectivity index (χ3n) is 4.76. The van der Waals surface area contributed by atoms with Gasteiger partial charge in [0.2, 0.25) is 0 Å². The highest BCUT2D eigenvalue weighted by Crippen LogP contribution is 2.42. The molecule has 2 aliphatic rings. The molecular weight excluding hydrogens is 298 g/mol. The van der Waals surface area contributed by atoms with Gasteiger partial charge in [-0.2, -0.15) is 0 Å². The van der Waals surface area contributed by atoms with Crippen molar-refractivity contribution in [3.63, 3.8) is 0 Å². The van der Waals surface area contributed by atoms with Crippen molar-refractivity contribution in [1.82, 2.24) is 0 Å². The fourth-order valence-corrected chi connectivity index (χ4v) is 4.37. The molecule has 4 nitrogen and oxygen atoms in total. The summed E-state index contributed by atoms with van der Waals surface area (Å²) in [4.78, 5) is 0.312. The van der Waals surface area contributed by atoms with E-state index in [1.54, 1.807) is 18.2 Å². The second-order valence-electron chi connectivity index (χ2n) is 6.23. The van der Waals surface area contributed by atoms with Crippen LogP contribution in [0.4, 0.5) is 0 Å². The predicted octanol–water partition coefficient (Wildman–Crippen LogP) is 3.66. The molecule has 0 unspecified atom stereocenters. The summed E-state index contributed by atoms with van der Waals surface area (Å²) in [7, 11) is -3.24. The van der Waals surface area contributed by atoms with Crippen molar-refractivity contribution in [2.24, 2.45) is 11.1 Å². The summed E-state index contributed by atoms with van der Waals surface area (Å²) in [6, 6.07) is 6.99. The van der Waals surface area contributed by atoms with Crippen LogP contribution in [-0.2, 0) is 9.84 Å². The maximum absolute atomic E-state index is 11.8. The van der Waals surface area contributed by atoms with E-state index in [-0.39, 0.29) is 0 Å². The molecule has 0 atom stereocenters. The van der Waals surface area contributed by atoms with Crippen molar-refractivity contribution >= 4 is 21.1 Å². The summed E-state index contributed by atoms with van der Waals surface area (Å²) < 4.78 is 23.6. The molecule has 1 N–H and O–H groups in total. The fourth-order valence-electron chi connectivity index (χ4n) is 3.71. The zero-order chi connectivity index (χ0) is 15.7. The maximum atomic E-state index is 11.8. The van der Waals surface area contributed by atoms with Gasteiger partial charge in [0.1, 0.15) is 0 Å².